The first-order valence-electron chi connectivity index (χ1n) is 7.25. The maximum Gasteiger partial charge on any atom is 0.220 e. The van der Waals surface area contributed by atoms with E-state index in [-0.39, 0.29) is 11.9 Å². The number of hydrogen-bond acceptors (Lipinski definition) is 4. The van der Waals surface area contributed by atoms with Gasteiger partial charge in [0.15, 0.2) is 5.79 Å². The van der Waals surface area contributed by atoms with Gasteiger partial charge in [-0.2, -0.15) is 0 Å². The molecule has 1 aliphatic carbocycles. The Bertz CT molecular complexity index is 452. The zero-order chi connectivity index (χ0) is 13.8. The van der Waals surface area contributed by atoms with Gasteiger partial charge >= 0.3 is 0 Å². The van der Waals surface area contributed by atoms with Crippen molar-refractivity contribution in [3.05, 3.63) is 30.1 Å². The minimum absolute atomic E-state index is 0.00469. The fourth-order valence-electron chi connectivity index (χ4n) is 3.02. The van der Waals surface area contributed by atoms with E-state index in [1.807, 2.05) is 12.1 Å². The fraction of sp³-hybridized carbons (Fsp3) is 0.600. The summed E-state index contributed by atoms with van der Waals surface area (Å²) < 4.78 is 11.5. The van der Waals surface area contributed by atoms with Crippen molar-refractivity contribution in [2.24, 2.45) is 0 Å². The highest BCUT2D eigenvalue weighted by atomic mass is 16.7. The fourth-order valence-corrected chi connectivity index (χ4v) is 3.02. The Hall–Kier alpha value is -1.46. The van der Waals surface area contributed by atoms with Crippen molar-refractivity contribution >= 4 is 5.91 Å². The van der Waals surface area contributed by atoms with Crippen LogP contribution in [0.4, 0.5) is 0 Å². The summed E-state index contributed by atoms with van der Waals surface area (Å²) in [6.45, 7) is 1.26. The van der Waals surface area contributed by atoms with E-state index < -0.39 is 5.79 Å². The van der Waals surface area contributed by atoms with Crippen LogP contribution in [0, 0.1) is 0 Å². The van der Waals surface area contributed by atoms with Gasteiger partial charge in [0.25, 0.3) is 0 Å². The number of amides is 1. The smallest absolute Gasteiger partial charge is 0.220 e. The van der Waals surface area contributed by atoms with Crippen LogP contribution in [0.1, 0.15) is 31.2 Å². The third-order valence-corrected chi connectivity index (χ3v) is 4.05. The number of aryl methyl sites for hydroxylation is 1. The number of rotatable bonds is 4. The van der Waals surface area contributed by atoms with Gasteiger partial charge in [-0.15, -0.1) is 0 Å². The van der Waals surface area contributed by atoms with Crippen LogP contribution < -0.4 is 5.32 Å². The zero-order valence-electron chi connectivity index (χ0n) is 11.5. The summed E-state index contributed by atoms with van der Waals surface area (Å²) in [5.41, 5.74) is 1.13. The zero-order valence-corrected chi connectivity index (χ0v) is 11.5. The molecule has 1 aromatic rings. The number of nitrogens with one attached hydrogen (secondary N) is 1. The maximum absolute atomic E-state index is 12.1. The molecule has 5 nitrogen and oxygen atoms in total. The summed E-state index contributed by atoms with van der Waals surface area (Å²) in [6.07, 6.45) is 7.56. The number of carbonyl (C=O) groups is 1. The molecule has 2 aliphatic rings. The SMILES string of the molecule is O=C(CCc1ccncc1)N[C@H]1CCCC12OCCO2. The second kappa shape index (κ2) is 5.89. The molecule has 1 aliphatic heterocycles. The van der Waals surface area contributed by atoms with Gasteiger partial charge in [0, 0.05) is 25.2 Å². The Morgan fingerprint density at radius 1 is 1.35 bits per heavy atom. The number of hydrogen-bond donors (Lipinski definition) is 1. The largest absolute Gasteiger partial charge is 0.348 e. The van der Waals surface area contributed by atoms with E-state index in [1.165, 1.54) is 0 Å². The van der Waals surface area contributed by atoms with Crippen molar-refractivity contribution in [3.63, 3.8) is 0 Å². The van der Waals surface area contributed by atoms with Gasteiger partial charge in [-0.05, 0) is 37.0 Å². The minimum Gasteiger partial charge on any atom is -0.348 e. The molecule has 2 fully saturated rings. The van der Waals surface area contributed by atoms with Crippen LogP contribution in [0.5, 0.6) is 0 Å². The first-order chi connectivity index (χ1) is 9.78. The van der Waals surface area contributed by atoms with Gasteiger partial charge < -0.3 is 14.8 Å². The van der Waals surface area contributed by atoms with E-state index in [0.29, 0.717) is 19.6 Å². The molecule has 0 aromatic carbocycles. The quantitative estimate of drug-likeness (QED) is 0.903. The van der Waals surface area contributed by atoms with E-state index in [9.17, 15) is 4.79 Å². The number of ether oxygens (including phenoxy) is 2. The van der Waals surface area contributed by atoms with Crippen molar-refractivity contribution in [2.45, 2.75) is 43.9 Å². The molecule has 0 bridgehead atoms. The Morgan fingerprint density at radius 2 is 2.10 bits per heavy atom. The van der Waals surface area contributed by atoms with Gasteiger partial charge in [-0.25, -0.2) is 0 Å². The molecular weight excluding hydrogens is 256 g/mol. The second-order valence-corrected chi connectivity index (χ2v) is 5.38. The monoisotopic (exact) mass is 276 g/mol. The highest BCUT2D eigenvalue weighted by molar-refractivity contribution is 5.76. The Kier molecular flexibility index (Phi) is 3.98. The molecule has 0 unspecified atom stereocenters. The molecule has 1 saturated heterocycles. The van der Waals surface area contributed by atoms with Gasteiger partial charge in [0.05, 0.1) is 19.3 Å². The summed E-state index contributed by atoms with van der Waals surface area (Å²) >= 11 is 0. The van der Waals surface area contributed by atoms with Gasteiger partial charge in [-0.3, -0.25) is 9.78 Å². The summed E-state index contributed by atoms with van der Waals surface area (Å²) in [5, 5.41) is 3.08. The molecule has 2 heterocycles. The third kappa shape index (κ3) is 2.83. The average molecular weight is 276 g/mol. The Labute approximate surface area is 118 Å². The molecule has 1 N–H and O–H groups in total. The number of pyridine rings is 1. The summed E-state index contributed by atoms with van der Waals surface area (Å²) in [5.74, 6) is -0.487. The lowest BCUT2D eigenvalue weighted by Gasteiger charge is -2.29. The predicted octanol–water partition coefficient (Wildman–Crippen LogP) is 1.43. The topological polar surface area (TPSA) is 60.5 Å². The van der Waals surface area contributed by atoms with Crippen LogP contribution in [0.15, 0.2) is 24.5 Å². The van der Waals surface area contributed by atoms with E-state index in [2.05, 4.69) is 10.3 Å². The van der Waals surface area contributed by atoms with E-state index in [0.717, 1.165) is 31.2 Å². The Balaban J connectivity index is 1.51. The molecule has 1 saturated carbocycles. The standard InChI is InChI=1S/C15H20N2O3/c18-14(4-3-12-5-8-16-9-6-12)17-13-2-1-7-15(13)19-10-11-20-15/h5-6,8-9,13H,1-4,7,10-11H2,(H,17,18)/t13-/m0/s1. The highest BCUT2D eigenvalue weighted by Crippen LogP contribution is 2.37. The van der Waals surface area contributed by atoms with E-state index in [4.69, 9.17) is 9.47 Å². The van der Waals surface area contributed by atoms with Crippen molar-refractivity contribution in [3.8, 4) is 0 Å². The van der Waals surface area contributed by atoms with Gasteiger partial charge in [0.2, 0.25) is 5.91 Å². The Morgan fingerprint density at radius 3 is 2.85 bits per heavy atom. The average Bonchev–Trinajstić information content (AvgIpc) is 3.10. The van der Waals surface area contributed by atoms with Crippen LogP contribution in [0.25, 0.3) is 0 Å². The van der Waals surface area contributed by atoms with Crippen LogP contribution >= 0.6 is 0 Å². The van der Waals surface area contributed by atoms with Crippen molar-refractivity contribution in [2.75, 3.05) is 13.2 Å². The molecule has 1 spiro atoms. The predicted molar refractivity (Wildman–Crippen MR) is 73.0 cm³/mol. The highest BCUT2D eigenvalue weighted by Gasteiger charge is 2.48. The number of nitrogens with zero attached hydrogens (tertiary/aromatic N) is 1. The maximum atomic E-state index is 12.1. The third-order valence-electron chi connectivity index (χ3n) is 4.05. The molecule has 0 radical (unpaired) electrons. The molecular formula is C15H20N2O3. The number of aromatic nitrogens is 1. The molecule has 1 aromatic heterocycles. The van der Waals surface area contributed by atoms with Crippen molar-refractivity contribution in [1.29, 1.82) is 0 Å². The summed E-state index contributed by atoms with van der Waals surface area (Å²) in [4.78, 5) is 16.0. The van der Waals surface area contributed by atoms with E-state index in [1.54, 1.807) is 12.4 Å². The molecule has 1 atom stereocenters. The number of carbonyl (C=O) groups excluding carboxylic acids is 1. The lowest BCUT2D eigenvalue weighted by molar-refractivity contribution is -0.169. The van der Waals surface area contributed by atoms with Gasteiger partial charge in [0.1, 0.15) is 0 Å². The lowest BCUT2D eigenvalue weighted by atomic mass is 10.1. The van der Waals surface area contributed by atoms with Gasteiger partial charge in [-0.1, -0.05) is 0 Å². The molecule has 3 rings (SSSR count). The normalized spacial score (nSPS) is 24.1. The molecule has 108 valence electrons. The first-order valence-corrected chi connectivity index (χ1v) is 7.25. The lowest BCUT2D eigenvalue weighted by Crippen LogP contribution is -2.49. The molecule has 5 heteroatoms. The second-order valence-electron chi connectivity index (χ2n) is 5.38. The van der Waals surface area contributed by atoms with Crippen molar-refractivity contribution < 1.29 is 14.3 Å². The summed E-state index contributed by atoms with van der Waals surface area (Å²) in [6, 6.07) is 3.87. The summed E-state index contributed by atoms with van der Waals surface area (Å²) in [7, 11) is 0. The minimum atomic E-state index is -0.549. The van der Waals surface area contributed by atoms with Crippen molar-refractivity contribution in [1.82, 2.24) is 10.3 Å². The molecule has 20 heavy (non-hydrogen) atoms. The molecule has 1 amide bonds. The van der Waals surface area contributed by atoms with Crippen LogP contribution in [0.3, 0.4) is 0 Å². The first kappa shape index (κ1) is 13.5. The van der Waals surface area contributed by atoms with E-state index >= 15 is 0 Å². The van der Waals surface area contributed by atoms with Crippen LogP contribution in [0.2, 0.25) is 0 Å². The van der Waals surface area contributed by atoms with Crippen LogP contribution in [-0.2, 0) is 20.7 Å². The van der Waals surface area contributed by atoms with Crippen LogP contribution in [-0.4, -0.2) is 35.9 Å².